The van der Waals surface area contributed by atoms with Crippen LogP contribution in [0.4, 0.5) is 0 Å². The number of halogens is 1. The van der Waals surface area contributed by atoms with Gasteiger partial charge in [-0.3, -0.25) is 4.90 Å². The Hall–Kier alpha value is -2.08. The summed E-state index contributed by atoms with van der Waals surface area (Å²) in [4.78, 5) is 7.95. The quantitative estimate of drug-likeness (QED) is 0.619. The molecule has 2 aromatic carbocycles. The van der Waals surface area contributed by atoms with Crippen molar-refractivity contribution in [2.45, 2.75) is 44.9 Å². The largest absolute Gasteiger partial charge is 0.497 e. The first kappa shape index (κ1) is 21.6. The minimum absolute atomic E-state index is 0.0416. The van der Waals surface area contributed by atoms with E-state index in [0.29, 0.717) is 24.7 Å². The lowest BCUT2D eigenvalue weighted by molar-refractivity contribution is 0.0305. The number of ether oxygens (including phenoxy) is 1. The average molecular weight is 417 g/mol. The summed E-state index contributed by atoms with van der Waals surface area (Å²) < 4.78 is 5.34. The molecule has 1 aliphatic rings. The second-order valence-corrected chi connectivity index (χ2v) is 7.90. The van der Waals surface area contributed by atoms with Crippen molar-refractivity contribution in [3.8, 4) is 5.75 Å². The second kappa shape index (κ2) is 10.6. The van der Waals surface area contributed by atoms with E-state index >= 15 is 0 Å². The molecule has 0 aromatic heterocycles. The monoisotopic (exact) mass is 416 g/mol. The fourth-order valence-corrected chi connectivity index (χ4v) is 3.71. The van der Waals surface area contributed by atoms with Crippen LogP contribution in [0.1, 0.15) is 37.3 Å². The molecule has 2 atom stereocenters. The predicted octanol–water partition coefficient (Wildman–Crippen LogP) is 4.50. The lowest BCUT2D eigenvalue weighted by Crippen LogP contribution is -2.37. The van der Waals surface area contributed by atoms with Crippen molar-refractivity contribution in [1.29, 1.82) is 0 Å². The highest BCUT2D eigenvalue weighted by Gasteiger charge is 2.25. The molecule has 156 valence electrons. The Kier molecular flexibility index (Phi) is 7.92. The third-order valence-electron chi connectivity index (χ3n) is 5.00. The fourth-order valence-electron chi connectivity index (χ4n) is 3.58. The van der Waals surface area contributed by atoms with Crippen molar-refractivity contribution in [3.05, 3.63) is 64.7 Å². The standard InChI is InChI=1S/C23H29ClN2O3/c1-3-5-20(27)15-26(14-17-6-4-7-21(12-17)28-2)16-22-13-23(25-29-22)18-8-10-19(24)11-9-18/h4,6-12,20,22,27H,3,5,13-16H2,1-2H3/t20-,22-/m1/s1. The van der Waals surface area contributed by atoms with Crippen LogP contribution in [0.2, 0.25) is 5.02 Å². The predicted molar refractivity (Wildman–Crippen MR) is 117 cm³/mol. The van der Waals surface area contributed by atoms with Crippen molar-refractivity contribution in [2.75, 3.05) is 20.2 Å². The van der Waals surface area contributed by atoms with E-state index in [0.717, 1.165) is 41.9 Å². The SMILES string of the molecule is CCC[C@@H](O)CN(Cc1cccc(OC)c1)C[C@H]1CC(c2ccc(Cl)cc2)=NO1. The first-order valence-corrected chi connectivity index (χ1v) is 10.5. The van der Waals surface area contributed by atoms with Gasteiger partial charge in [0.2, 0.25) is 0 Å². The minimum Gasteiger partial charge on any atom is -0.497 e. The smallest absolute Gasteiger partial charge is 0.145 e. The van der Waals surface area contributed by atoms with Crippen LogP contribution >= 0.6 is 11.6 Å². The molecule has 1 heterocycles. The normalized spacial score (nSPS) is 17.1. The number of methoxy groups -OCH3 is 1. The van der Waals surface area contributed by atoms with Crippen molar-refractivity contribution >= 4 is 17.3 Å². The summed E-state index contributed by atoms with van der Waals surface area (Å²) in [5.74, 6) is 0.835. The van der Waals surface area contributed by atoms with Crippen LogP contribution in [-0.2, 0) is 11.4 Å². The van der Waals surface area contributed by atoms with E-state index in [9.17, 15) is 5.11 Å². The summed E-state index contributed by atoms with van der Waals surface area (Å²) in [5, 5.41) is 15.4. The summed E-state index contributed by atoms with van der Waals surface area (Å²) in [7, 11) is 1.67. The first-order valence-electron chi connectivity index (χ1n) is 10.1. The van der Waals surface area contributed by atoms with Gasteiger partial charge in [0.25, 0.3) is 0 Å². The van der Waals surface area contributed by atoms with E-state index in [-0.39, 0.29) is 12.2 Å². The molecule has 0 bridgehead atoms. The maximum Gasteiger partial charge on any atom is 0.145 e. The van der Waals surface area contributed by atoms with E-state index in [1.807, 2.05) is 42.5 Å². The van der Waals surface area contributed by atoms with Gasteiger partial charge in [0.15, 0.2) is 0 Å². The van der Waals surface area contributed by atoms with Crippen LogP contribution in [-0.4, -0.2) is 48.1 Å². The second-order valence-electron chi connectivity index (χ2n) is 7.46. The molecule has 0 amide bonds. The van der Waals surface area contributed by atoms with E-state index < -0.39 is 0 Å². The van der Waals surface area contributed by atoms with Gasteiger partial charge >= 0.3 is 0 Å². The molecule has 29 heavy (non-hydrogen) atoms. The molecule has 0 saturated carbocycles. The van der Waals surface area contributed by atoms with Crippen molar-refractivity contribution in [3.63, 3.8) is 0 Å². The van der Waals surface area contributed by atoms with Crippen LogP contribution in [0.3, 0.4) is 0 Å². The summed E-state index contributed by atoms with van der Waals surface area (Å²) in [6.45, 7) is 4.09. The molecule has 1 aliphatic heterocycles. The maximum atomic E-state index is 10.4. The van der Waals surface area contributed by atoms with Crippen LogP contribution in [0.15, 0.2) is 53.7 Å². The van der Waals surface area contributed by atoms with Gasteiger partial charge in [-0.05, 0) is 41.8 Å². The molecule has 0 fully saturated rings. The third-order valence-corrected chi connectivity index (χ3v) is 5.26. The first-order chi connectivity index (χ1) is 14.1. The summed E-state index contributed by atoms with van der Waals surface area (Å²) >= 11 is 5.98. The van der Waals surface area contributed by atoms with Crippen molar-refractivity contribution in [1.82, 2.24) is 4.90 Å². The molecular formula is C23H29ClN2O3. The number of oxime groups is 1. The van der Waals surface area contributed by atoms with Crippen molar-refractivity contribution in [2.24, 2.45) is 5.16 Å². The number of nitrogens with zero attached hydrogens (tertiary/aromatic N) is 2. The molecule has 0 radical (unpaired) electrons. The highest BCUT2D eigenvalue weighted by atomic mass is 35.5. The van der Waals surface area contributed by atoms with E-state index in [2.05, 4.69) is 23.0 Å². The molecule has 0 aliphatic carbocycles. The van der Waals surface area contributed by atoms with E-state index in [1.54, 1.807) is 7.11 Å². The van der Waals surface area contributed by atoms with Gasteiger partial charge in [-0.1, -0.05) is 54.4 Å². The number of aliphatic hydroxyl groups is 1. The number of aliphatic hydroxyl groups excluding tert-OH is 1. The topological polar surface area (TPSA) is 54.3 Å². The Labute approximate surface area is 177 Å². The zero-order valence-electron chi connectivity index (χ0n) is 17.1. The van der Waals surface area contributed by atoms with Crippen molar-refractivity contribution < 1.29 is 14.7 Å². The highest BCUT2D eigenvalue weighted by molar-refractivity contribution is 6.30. The summed E-state index contributed by atoms with van der Waals surface area (Å²) in [5.41, 5.74) is 3.11. The van der Waals surface area contributed by atoms with Gasteiger partial charge in [0, 0.05) is 31.1 Å². The van der Waals surface area contributed by atoms with Gasteiger partial charge in [-0.15, -0.1) is 0 Å². The van der Waals surface area contributed by atoms with Gasteiger partial charge in [0.1, 0.15) is 11.9 Å². The number of rotatable bonds is 10. The fraction of sp³-hybridized carbons (Fsp3) is 0.435. The van der Waals surface area contributed by atoms with E-state index in [1.165, 1.54) is 0 Å². The lowest BCUT2D eigenvalue weighted by atomic mass is 10.0. The highest BCUT2D eigenvalue weighted by Crippen LogP contribution is 2.21. The molecule has 3 rings (SSSR count). The average Bonchev–Trinajstić information content (AvgIpc) is 3.17. The summed E-state index contributed by atoms with van der Waals surface area (Å²) in [6, 6.07) is 15.7. The molecule has 0 saturated heterocycles. The Morgan fingerprint density at radius 2 is 2.07 bits per heavy atom. The molecule has 1 N–H and O–H groups in total. The lowest BCUT2D eigenvalue weighted by Gasteiger charge is -2.27. The Bertz CT molecular complexity index is 810. The Morgan fingerprint density at radius 1 is 1.28 bits per heavy atom. The number of benzene rings is 2. The molecule has 0 unspecified atom stereocenters. The maximum absolute atomic E-state index is 10.4. The molecule has 5 nitrogen and oxygen atoms in total. The van der Waals surface area contributed by atoms with Crippen LogP contribution in [0, 0.1) is 0 Å². The third kappa shape index (κ3) is 6.46. The van der Waals surface area contributed by atoms with Gasteiger partial charge in [-0.2, -0.15) is 0 Å². The van der Waals surface area contributed by atoms with Crippen LogP contribution < -0.4 is 4.74 Å². The number of hydrogen-bond acceptors (Lipinski definition) is 5. The Balaban J connectivity index is 1.64. The van der Waals surface area contributed by atoms with Crippen LogP contribution in [0.5, 0.6) is 5.75 Å². The zero-order chi connectivity index (χ0) is 20.6. The molecule has 2 aromatic rings. The molecule has 6 heteroatoms. The number of hydrogen-bond donors (Lipinski definition) is 1. The molecule has 0 spiro atoms. The van der Waals surface area contributed by atoms with Crippen LogP contribution in [0.25, 0.3) is 0 Å². The Morgan fingerprint density at radius 3 is 2.79 bits per heavy atom. The van der Waals surface area contributed by atoms with Gasteiger partial charge in [0.05, 0.1) is 18.9 Å². The van der Waals surface area contributed by atoms with Gasteiger partial charge in [-0.25, -0.2) is 0 Å². The van der Waals surface area contributed by atoms with E-state index in [4.69, 9.17) is 21.2 Å². The molecular weight excluding hydrogens is 388 g/mol. The van der Waals surface area contributed by atoms with Gasteiger partial charge < -0.3 is 14.7 Å². The zero-order valence-corrected chi connectivity index (χ0v) is 17.8. The summed E-state index contributed by atoms with van der Waals surface area (Å²) in [6.07, 6.45) is 2.08. The minimum atomic E-state index is -0.358.